The Morgan fingerprint density at radius 1 is 1.42 bits per heavy atom. The van der Waals surface area contributed by atoms with Crippen LogP contribution in [0.1, 0.15) is 19.8 Å². The number of rotatable bonds is 4. The molecule has 0 saturated carbocycles. The summed E-state index contributed by atoms with van der Waals surface area (Å²) >= 11 is 1.89. The second kappa shape index (κ2) is 7.50. The highest BCUT2D eigenvalue weighted by Gasteiger charge is 2.29. The number of amides is 1. The van der Waals surface area contributed by atoms with Crippen LogP contribution in [-0.4, -0.2) is 73.0 Å². The third kappa shape index (κ3) is 4.10. The normalized spacial score (nSPS) is 30.4. The van der Waals surface area contributed by atoms with E-state index in [0.717, 1.165) is 37.7 Å². The molecule has 0 aromatic carbocycles. The molecule has 19 heavy (non-hydrogen) atoms. The van der Waals surface area contributed by atoms with Crippen molar-refractivity contribution in [2.75, 3.05) is 51.3 Å². The van der Waals surface area contributed by atoms with Crippen molar-refractivity contribution < 1.29 is 4.79 Å². The van der Waals surface area contributed by atoms with Crippen molar-refractivity contribution in [2.45, 2.75) is 25.8 Å². The van der Waals surface area contributed by atoms with Gasteiger partial charge in [0.1, 0.15) is 0 Å². The molecule has 2 unspecified atom stereocenters. The fraction of sp³-hybridized carbons (Fsp3) is 0.929. The van der Waals surface area contributed by atoms with E-state index in [1.807, 2.05) is 18.8 Å². The summed E-state index contributed by atoms with van der Waals surface area (Å²) in [5.41, 5.74) is 0. The zero-order chi connectivity index (χ0) is 13.7. The summed E-state index contributed by atoms with van der Waals surface area (Å²) < 4.78 is 0. The maximum Gasteiger partial charge on any atom is 0.240 e. The molecule has 0 aromatic rings. The Balaban J connectivity index is 1.90. The fourth-order valence-electron chi connectivity index (χ4n) is 3.07. The molecule has 1 amide bonds. The standard InChI is InChI=1S/C14H27N3OS/c1-3-16-6-4-5-12(9-16)10-17-7-8-19-11-13(15-2)14(17)18/h12-13,15H,3-11H2,1-2H3. The minimum Gasteiger partial charge on any atom is -0.340 e. The zero-order valence-corrected chi connectivity index (χ0v) is 13.0. The van der Waals surface area contributed by atoms with Gasteiger partial charge in [-0.2, -0.15) is 11.8 Å². The van der Waals surface area contributed by atoms with Crippen molar-refractivity contribution in [2.24, 2.45) is 5.92 Å². The monoisotopic (exact) mass is 285 g/mol. The number of likely N-dealkylation sites (tertiary alicyclic amines) is 1. The maximum atomic E-state index is 12.4. The van der Waals surface area contributed by atoms with Crippen LogP contribution in [-0.2, 0) is 4.79 Å². The second-order valence-electron chi connectivity index (χ2n) is 5.60. The number of thioether (sulfide) groups is 1. The minimum absolute atomic E-state index is 0.0124. The molecule has 2 aliphatic heterocycles. The lowest BCUT2D eigenvalue weighted by Gasteiger charge is -2.35. The summed E-state index contributed by atoms with van der Waals surface area (Å²) in [6.45, 7) is 7.64. The van der Waals surface area contributed by atoms with Crippen LogP contribution in [0.2, 0.25) is 0 Å². The summed E-state index contributed by atoms with van der Waals surface area (Å²) in [6.07, 6.45) is 2.56. The molecule has 1 N–H and O–H groups in total. The summed E-state index contributed by atoms with van der Waals surface area (Å²) in [5, 5.41) is 3.16. The Morgan fingerprint density at radius 3 is 3.00 bits per heavy atom. The quantitative estimate of drug-likeness (QED) is 0.832. The van der Waals surface area contributed by atoms with E-state index in [1.54, 1.807) is 0 Å². The highest BCUT2D eigenvalue weighted by Crippen LogP contribution is 2.20. The van der Waals surface area contributed by atoms with Gasteiger partial charge in [0.05, 0.1) is 6.04 Å². The number of likely N-dealkylation sites (N-methyl/N-ethyl adjacent to an activating group) is 1. The van der Waals surface area contributed by atoms with E-state index >= 15 is 0 Å². The SMILES string of the molecule is CCN1CCCC(CN2CCSCC(NC)C2=O)C1. The molecule has 2 atom stereocenters. The Bertz CT molecular complexity index is 300. The van der Waals surface area contributed by atoms with Crippen LogP contribution in [0.4, 0.5) is 0 Å². The van der Waals surface area contributed by atoms with Gasteiger partial charge in [-0.3, -0.25) is 4.79 Å². The smallest absolute Gasteiger partial charge is 0.240 e. The van der Waals surface area contributed by atoms with Crippen molar-refractivity contribution in [1.82, 2.24) is 15.1 Å². The lowest BCUT2D eigenvalue weighted by Crippen LogP contribution is -2.49. The van der Waals surface area contributed by atoms with Gasteiger partial charge >= 0.3 is 0 Å². The number of carbonyl (C=O) groups is 1. The van der Waals surface area contributed by atoms with Crippen molar-refractivity contribution in [3.8, 4) is 0 Å². The van der Waals surface area contributed by atoms with Crippen molar-refractivity contribution in [3.63, 3.8) is 0 Å². The van der Waals surface area contributed by atoms with Crippen LogP contribution in [0.3, 0.4) is 0 Å². The van der Waals surface area contributed by atoms with Gasteiger partial charge in [-0.1, -0.05) is 6.92 Å². The van der Waals surface area contributed by atoms with Gasteiger partial charge in [0, 0.05) is 31.1 Å². The molecule has 0 aliphatic carbocycles. The van der Waals surface area contributed by atoms with Crippen molar-refractivity contribution >= 4 is 17.7 Å². The van der Waals surface area contributed by atoms with E-state index in [2.05, 4.69) is 22.0 Å². The largest absolute Gasteiger partial charge is 0.340 e. The highest BCUT2D eigenvalue weighted by atomic mass is 32.2. The number of nitrogens with one attached hydrogen (secondary N) is 1. The zero-order valence-electron chi connectivity index (χ0n) is 12.2. The number of nitrogens with zero attached hydrogens (tertiary/aromatic N) is 2. The van der Waals surface area contributed by atoms with E-state index in [9.17, 15) is 4.79 Å². The lowest BCUT2D eigenvalue weighted by atomic mass is 9.97. The van der Waals surface area contributed by atoms with E-state index in [-0.39, 0.29) is 6.04 Å². The fourth-order valence-corrected chi connectivity index (χ4v) is 4.13. The Morgan fingerprint density at radius 2 is 2.26 bits per heavy atom. The van der Waals surface area contributed by atoms with E-state index in [1.165, 1.54) is 19.4 Å². The van der Waals surface area contributed by atoms with Crippen LogP contribution in [0.5, 0.6) is 0 Å². The first-order chi connectivity index (χ1) is 9.24. The molecule has 0 bridgehead atoms. The Kier molecular flexibility index (Phi) is 5.98. The topological polar surface area (TPSA) is 35.6 Å². The molecule has 2 rings (SSSR count). The summed E-state index contributed by atoms with van der Waals surface area (Å²) in [7, 11) is 1.89. The molecule has 0 spiro atoms. The molecule has 2 heterocycles. The maximum absolute atomic E-state index is 12.4. The van der Waals surface area contributed by atoms with Crippen molar-refractivity contribution in [3.05, 3.63) is 0 Å². The number of piperidine rings is 1. The first-order valence-corrected chi connectivity index (χ1v) is 8.66. The summed E-state index contributed by atoms with van der Waals surface area (Å²) in [4.78, 5) is 17.1. The number of hydrogen-bond acceptors (Lipinski definition) is 4. The molecule has 0 aromatic heterocycles. The molecule has 2 saturated heterocycles. The molecule has 2 aliphatic rings. The lowest BCUT2D eigenvalue weighted by molar-refractivity contribution is -0.133. The Labute approximate surface area is 121 Å². The van der Waals surface area contributed by atoms with Gasteiger partial charge in [0.15, 0.2) is 0 Å². The van der Waals surface area contributed by atoms with E-state index in [4.69, 9.17) is 0 Å². The van der Waals surface area contributed by atoms with Crippen LogP contribution in [0.15, 0.2) is 0 Å². The van der Waals surface area contributed by atoms with Crippen LogP contribution >= 0.6 is 11.8 Å². The average Bonchev–Trinajstić information content (AvgIpc) is 2.62. The molecule has 110 valence electrons. The minimum atomic E-state index is 0.0124. The predicted molar refractivity (Wildman–Crippen MR) is 81.6 cm³/mol. The van der Waals surface area contributed by atoms with Gasteiger partial charge in [-0.15, -0.1) is 0 Å². The molecule has 4 nitrogen and oxygen atoms in total. The molecular formula is C14H27N3OS. The van der Waals surface area contributed by atoms with Gasteiger partial charge in [-0.05, 0) is 38.9 Å². The Hall–Kier alpha value is -0.260. The predicted octanol–water partition coefficient (Wildman–Crippen LogP) is 0.882. The van der Waals surface area contributed by atoms with Gasteiger partial charge in [-0.25, -0.2) is 0 Å². The third-order valence-corrected chi connectivity index (χ3v) is 5.32. The van der Waals surface area contributed by atoms with Gasteiger partial charge in [0.25, 0.3) is 0 Å². The first-order valence-electron chi connectivity index (χ1n) is 7.50. The third-order valence-electron chi connectivity index (χ3n) is 4.28. The molecular weight excluding hydrogens is 258 g/mol. The number of carbonyl (C=O) groups excluding carboxylic acids is 1. The first kappa shape index (κ1) is 15.1. The molecule has 5 heteroatoms. The van der Waals surface area contributed by atoms with Crippen LogP contribution in [0, 0.1) is 5.92 Å². The van der Waals surface area contributed by atoms with Gasteiger partial charge in [0.2, 0.25) is 5.91 Å². The molecule has 0 radical (unpaired) electrons. The summed E-state index contributed by atoms with van der Waals surface area (Å²) in [5.74, 6) is 2.96. The van der Waals surface area contributed by atoms with Crippen LogP contribution in [0.25, 0.3) is 0 Å². The highest BCUT2D eigenvalue weighted by molar-refractivity contribution is 7.99. The average molecular weight is 285 g/mol. The molecule has 2 fully saturated rings. The van der Waals surface area contributed by atoms with Crippen molar-refractivity contribution in [1.29, 1.82) is 0 Å². The van der Waals surface area contributed by atoms with Crippen LogP contribution < -0.4 is 5.32 Å². The van der Waals surface area contributed by atoms with Gasteiger partial charge < -0.3 is 15.1 Å². The summed E-state index contributed by atoms with van der Waals surface area (Å²) in [6, 6.07) is 0.0124. The van der Waals surface area contributed by atoms with E-state index < -0.39 is 0 Å². The second-order valence-corrected chi connectivity index (χ2v) is 6.75. The van der Waals surface area contributed by atoms with E-state index in [0.29, 0.717) is 11.8 Å². The number of hydrogen-bond donors (Lipinski definition) is 1.